The summed E-state index contributed by atoms with van der Waals surface area (Å²) in [6, 6.07) is 9.40. The van der Waals surface area contributed by atoms with Crippen molar-refractivity contribution < 1.29 is 9.53 Å². The van der Waals surface area contributed by atoms with Crippen molar-refractivity contribution in [2.75, 3.05) is 11.9 Å². The Bertz CT molecular complexity index is 440. The average molecular weight is 278 g/mol. The van der Waals surface area contributed by atoms with Gasteiger partial charge in [0.1, 0.15) is 0 Å². The van der Waals surface area contributed by atoms with Crippen molar-refractivity contribution in [1.82, 2.24) is 4.98 Å². The zero-order chi connectivity index (χ0) is 14.1. The molecule has 0 N–H and O–H groups in total. The molecular weight excluding hydrogens is 260 g/mol. The lowest BCUT2D eigenvalue weighted by Gasteiger charge is -2.18. The van der Waals surface area contributed by atoms with Crippen LogP contribution in [0.15, 0.2) is 47.4 Å². The molecule has 1 aromatic carbocycles. The van der Waals surface area contributed by atoms with Crippen LogP contribution >= 0.6 is 11.3 Å². The van der Waals surface area contributed by atoms with E-state index in [1.807, 2.05) is 49.6 Å². The van der Waals surface area contributed by atoms with Crippen LogP contribution in [0.4, 0.5) is 10.5 Å². The first-order chi connectivity index (χ1) is 9.11. The number of para-hydroxylation sites is 1. The van der Waals surface area contributed by atoms with E-state index >= 15 is 0 Å². The predicted molar refractivity (Wildman–Crippen MR) is 78.6 cm³/mol. The molecule has 5 heteroatoms. The molecule has 0 spiro atoms. The van der Waals surface area contributed by atoms with E-state index in [0.717, 1.165) is 5.69 Å². The van der Waals surface area contributed by atoms with Gasteiger partial charge in [0.2, 0.25) is 0 Å². The minimum Gasteiger partial charge on any atom is -0.446 e. The number of hydrogen-bond acceptors (Lipinski definition) is 4. The van der Waals surface area contributed by atoms with Crippen LogP contribution in [-0.2, 0) is 4.74 Å². The fourth-order valence-corrected chi connectivity index (χ4v) is 1.56. The molecule has 0 radical (unpaired) electrons. The van der Waals surface area contributed by atoms with Crippen molar-refractivity contribution in [2.45, 2.75) is 20.0 Å². The normalized spacial score (nSPS) is 9.47. The van der Waals surface area contributed by atoms with E-state index in [4.69, 9.17) is 4.74 Å². The van der Waals surface area contributed by atoms with Crippen LogP contribution in [0.25, 0.3) is 0 Å². The summed E-state index contributed by atoms with van der Waals surface area (Å²) >= 11 is 1.60. The van der Waals surface area contributed by atoms with E-state index in [-0.39, 0.29) is 12.2 Å². The first-order valence-electron chi connectivity index (χ1n) is 5.92. The Kier molecular flexibility index (Phi) is 6.60. The molecule has 0 unspecified atom stereocenters. The van der Waals surface area contributed by atoms with Crippen LogP contribution in [0.1, 0.15) is 13.8 Å². The first kappa shape index (κ1) is 15.2. The third-order valence-electron chi connectivity index (χ3n) is 2.10. The molecule has 0 aliphatic rings. The summed E-state index contributed by atoms with van der Waals surface area (Å²) in [6.45, 7) is 3.66. The molecule has 2 rings (SSSR count). The summed E-state index contributed by atoms with van der Waals surface area (Å²) in [6.07, 6.45) is 1.35. The molecular formula is C14H18N2O2S. The number of carbonyl (C=O) groups is 1. The number of amides is 1. The van der Waals surface area contributed by atoms with Crippen molar-refractivity contribution in [3.63, 3.8) is 0 Å². The third-order valence-corrected chi connectivity index (χ3v) is 2.62. The topological polar surface area (TPSA) is 42.4 Å². The van der Waals surface area contributed by atoms with E-state index in [1.54, 1.807) is 30.1 Å². The number of benzene rings is 1. The van der Waals surface area contributed by atoms with Gasteiger partial charge in [-0.25, -0.2) is 4.79 Å². The maximum atomic E-state index is 11.5. The van der Waals surface area contributed by atoms with Crippen LogP contribution < -0.4 is 4.90 Å². The number of rotatable bonds is 2. The summed E-state index contributed by atoms with van der Waals surface area (Å²) in [5.41, 5.74) is 2.62. The van der Waals surface area contributed by atoms with Gasteiger partial charge in [0.25, 0.3) is 0 Å². The Labute approximate surface area is 117 Å². The van der Waals surface area contributed by atoms with E-state index in [2.05, 4.69) is 4.98 Å². The number of aromatic nitrogens is 1. The van der Waals surface area contributed by atoms with Crippen LogP contribution in [0.5, 0.6) is 0 Å². The summed E-state index contributed by atoms with van der Waals surface area (Å²) < 4.78 is 5.05. The average Bonchev–Trinajstić information content (AvgIpc) is 2.97. The maximum absolute atomic E-state index is 11.5. The van der Waals surface area contributed by atoms with E-state index in [9.17, 15) is 4.79 Å². The Morgan fingerprint density at radius 2 is 2.00 bits per heavy atom. The van der Waals surface area contributed by atoms with Gasteiger partial charge < -0.3 is 4.74 Å². The minimum atomic E-state index is -0.328. The molecule has 1 amide bonds. The van der Waals surface area contributed by atoms with Crippen molar-refractivity contribution in [1.29, 1.82) is 0 Å². The Balaban J connectivity index is 0.000000300. The van der Waals surface area contributed by atoms with Crippen molar-refractivity contribution in [3.8, 4) is 0 Å². The highest BCUT2D eigenvalue weighted by Crippen LogP contribution is 2.12. The van der Waals surface area contributed by atoms with E-state index in [1.165, 1.54) is 4.90 Å². The van der Waals surface area contributed by atoms with Gasteiger partial charge in [-0.1, -0.05) is 18.2 Å². The smallest absolute Gasteiger partial charge is 0.414 e. The SMILES string of the molecule is CC(C)OC(=O)N(C)c1ccccc1.c1cscn1. The van der Waals surface area contributed by atoms with Gasteiger partial charge in [-0.3, -0.25) is 9.88 Å². The number of anilines is 1. The van der Waals surface area contributed by atoms with Crippen molar-refractivity contribution >= 4 is 23.1 Å². The van der Waals surface area contributed by atoms with Gasteiger partial charge in [0.15, 0.2) is 0 Å². The second-order valence-corrected chi connectivity index (χ2v) is 4.76. The van der Waals surface area contributed by atoms with Gasteiger partial charge in [-0.2, -0.15) is 0 Å². The molecule has 0 saturated heterocycles. The van der Waals surface area contributed by atoms with Crippen LogP contribution in [0.2, 0.25) is 0 Å². The Morgan fingerprint density at radius 1 is 1.32 bits per heavy atom. The molecule has 0 aliphatic carbocycles. The number of ether oxygens (including phenoxy) is 1. The molecule has 0 atom stereocenters. The van der Waals surface area contributed by atoms with Gasteiger partial charge in [0.05, 0.1) is 11.6 Å². The Morgan fingerprint density at radius 3 is 2.42 bits per heavy atom. The third kappa shape index (κ3) is 6.01. The standard InChI is InChI=1S/C11H15NO2.C3H3NS/c1-9(2)14-11(13)12(3)10-7-5-4-6-8-10;1-2-5-3-4-1/h4-9H,1-3H3;1-3H. The molecule has 2 aromatic rings. The summed E-state index contributed by atoms with van der Waals surface area (Å²) in [4.78, 5) is 16.7. The molecule has 0 saturated carbocycles. The van der Waals surface area contributed by atoms with Gasteiger partial charge in [0, 0.05) is 24.3 Å². The molecule has 1 heterocycles. The van der Waals surface area contributed by atoms with Gasteiger partial charge in [-0.15, -0.1) is 11.3 Å². The molecule has 0 fully saturated rings. The zero-order valence-corrected chi connectivity index (χ0v) is 12.1. The summed E-state index contributed by atoms with van der Waals surface area (Å²) in [5.74, 6) is 0. The molecule has 19 heavy (non-hydrogen) atoms. The molecule has 4 nitrogen and oxygen atoms in total. The Hall–Kier alpha value is -1.88. The molecule has 102 valence electrons. The first-order valence-corrected chi connectivity index (χ1v) is 6.87. The largest absolute Gasteiger partial charge is 0.446 e. The highest BCUT2D eigenvalue weighted by Gasteiger charge is 2.12. The van der Waals surface area contributed by atoms with Crippen molar-refractivity contribution in [2.24, 2.45) is 0 Å². The highest BCUT2D eigenvalue weighted by molar-refractivity contribution is 7.07. The highest BCUT2D eigenvalue weighted by atomic mass is 32.1. The lowest BCUT2D eigenvalue weighted by molar-refractivity contribution is 0.124. The lowest BCUT2D eigenvalue weighted by atomic mass is 10.3. The molecule has 0 bridgehead atoms. The van der Waals surface area contributed by atoms with Crippen LogP contribution in [0.3, 0.4) is 0 Å². The fraction of sp³-hybridized carbons (Fsp3) is 0.286. The molecule has 0 aliphatic heterocycles. The quantitative estimate of drug-likeness (QED) is 0.839. The van der Waals surface area contributed by atoms with E-state index in [0.29, 0.717) is 0 Å². The number of thiazole rings is 1. The maximum Gasteiger partial charge on any atom is 0.414 e. The second kappa shape index (κ2) is 8.26. The fourth-order valence-electron chi connectivity index (χ4n) is 1.21. The van der Waals surface area contributed by atoms with Gasteiger partial charge >= 0.3 is 6.09 Å². The zero-order valence-electron chi connectivity index (χ0n) is 11.3. The molecule has 1 aromatic heterocycles. The number of carbonyl (C=O) groups excluding carboxylic acids is 1. The van der Waals surface area contributed by atoms with E-state index < -0.39 is 0 Å². The number of nitrogens with zero attached hydrogens (tertiary/aromatic N) is 2. The van der Waals surface area contributed by atoms with Crippen LogP contribution in [-0.4, -0.2) is 24.2 Å². The number of hydrogen-bond donors (Lipinski definition) is 0. The lowest BCUT2D eigenvalue weighted by Crippen LogP contribution is -2.29. The summed E-state index contributed by atoms with van der Waals surface area (Å²) in [7, 11) is 1.69. The summed E-state index contributed by atoms with van der Waals surface area (Å²) in [5, 5.41) is 1.93. The predicted octanol–water partition coefficient (Wildman–Crippen LogP) is 3.81. The van der Waals surface area contributed by atoms with Gasteiger partial charge in [-0.05, 0) is 26.0 Å². The minimum absolute atomic E-state index is 0.0892. The monoisotopic (exact) mass is 278 g/mol. The second-order valence-electron chi connectivity index (χ2n) is 4.00. The van der Waals surface area contributed by atoms with Crippen LogP contribution in [0, 0.1) is 0 Å². The van der Waals surface area contributed by atoms with Crippen molar-refractivity contribution in [3.05, 3.63) is 47.4 Å².